The topological polar surface area (TPSA) is 38.3 Å². The first-order valence-corrected chi connectivity index (χ1v) is 7.36. The molecule has 0 aromatic carbocycles. The molecule has 1 fully saturated rings. The van der Waals surface area contributed by atoms with Crippen LogP contribution in [0.4, 0.5) is 0 Å². The van der Waals surface area contributed by atoms with Crippen LogP contribution in [0.1, 0.15) is 59.3 Å². The van der Waals surface area contributed by atoms with E-state index in [4.69, 9.17) is 4.74 Å². The summed E-state index contributed by atoms with van der Waals surface area (Å²) in [4.78, 5) is 11.9. The Balaban J connectivity index is 2.58. The number of methoxy groups -OCH3 is 1. The lowest BCUT2D eigenvalue weighted by atomic mass is 9.73. The molecule has 0 amide bonds. The molecule has 3 atom stereocenters. The van der Waals surface area contributed by atoms with Crippen molar-refractivity contribution >= 4 is 5.97 Å². The first kappa shape index (κ1) is 15.5. The van der Waals surface area contributed by atoms with Crippen LogP contribution in [-0.2, 0) is 9.53 Å². The van der Waals surface area contributed by atoms with Gasteiger partial charge in [-0.2, -0.15) is 0 Å². The Labute approximate surface area is 112 Å². The van der Waals surface area contributed by atoms with Gasteiger partial charge < -0.3 is 10.1 Å². The highest BCUT2D eigenvalue weighted by atomic mass is 16.5. The predicted octanol–water partition coefficient (Wildman–Crippen LogP) is 3.13. The smallest absolute Gasteiger partial charge is 0.310 e. The Morgan fingerprint density at radius 1 is 1.50 bits per heavy atom. The van der Waals surface area contributed by atoms with E-state index in [0.29, 0.717) is 5.92 Å². The molecule has 3 heteroatoms. The number of esters is 1. The summed E-state index contributed by atoms with van der Waals surface area (Å²) in [6.45, 7) is 7.68. The van der Waals surface area contributed by atoms with Crippen LogP contribution in [0.15, 0.2) is 0 Å². The third-order valence-corrected chi connectivity index (χ3v) is 4.33. The van der Waals surface area contributed by atoms with Gasteiger partial charge in [-0.05, 0) is 38.6 Å². The van der Waals surface area contributed by atoms with Crippen LogP contribution < -0.4 is 5.32 Å². The van der Waals surface area contributed by atoms with Crippen LogP contribution in [0.3, 0.4) is 0 Å². The van der Waals surface area contributed by atoms with Gasteiger partial charge in [0.25, 0.3) is 0 Å². The number of nitrogens with one attached hydrogen (secondary N) is 1. The molecule has 1 rings (SSSR count). The minimum absolute atomic E-state index is 0.0186. The lowest BCUT2D eigenvalue weighted by molar-refractivity contribution is -0.149. The monoisotopic (exact) mass is 255 g/mol. The zero-order chi connectivity index (χ0) is 13.6. The summed E-state index contributed by atoms with van der Waals surface area (Å²) < 4.78 is 4.96. The number of hydrogen-bond donors (Lipinski definition) is 1. The average Bonchev–Trinajstić information content (AvgIpc) is 2.36. The molecule has 0 spiro atoms. The molecule has 1 saturated carbocycles. The Bertz CT molecular complexity index is 267. The zero-order valence-electron chi connectivity index (χ0n) is 12.4. The molecular formula is C15H29NO2. The van der Waals surface area contributed by atoms with Gasteiger partial charge in [-0.25, -0.2) is 0 Å². The van der Waals surface area contributed by atoms with Crippen LogP contribution in [0, 0.1) is 11.8 Å². The Hall–Kier alpha value is -0.570. The minimum atomic E-state index is -0.0760. The van der Waals surface area contributed by atoms with Gasteiger partial charge in [0.05, 0.1) is 13.0 Å². The van der Waals surface area contributed by atoms with E-state index < -0.39 is 0 Å². The Morgan fingerprint density at radius 3 is 2.83 bits per heavy atom. The summed E-state index contributed by atoms with van der Waals surface area (Å²) in [5.74, 6) is 0.643. The van der Waals surface area contributed by atoms with Gasteiger partial charge in [0.1, 0.15) is 0 Å². The zero-order valence-corrected chi connectivity index (χ0v) is 12.4. The van der Waals surface area contributed by atoms with Gasteiger partial charge in [-0.1, -0.05) is 33.1 Å². The Kier molecular flexibility index (Phi) is 6.13. The van der Waals surface area contributed by atoms with Crippen LogP contribution >= 0.6 is 0 Å². The Morgan fingerprint density at radius 2 is 2.22 bits per heavy atom. The second-order valence-electron chi connectivity index (χ2n) is 6.01. The second kappa shape index (κ2) is 7.13. The fraction of sp³-hybridized carbons (Fsp3) is 0.933. The van der Waals surface area contributed by atoms with E-state index in [1.54, 1.807) is 0 Å². The van der Waals surface area contributed by atoms with Gasteiger partial charge in [0, 0.05) is 5.54 Å². The first-order chi connectivity index (χ1) is 8.53. The average molecular weight is 255 g/mol. The normalized spacial score (nSPS) is 29.9. The summed E-state index contributed by atoms with van der Waals surface area (Å²) in [5, 5.41) is 3.65. The van der Waals surface area contributed by atoms with E-state index in [9.17, 15) is 4.79 Å². The molecule has 0 saturated heterocycles. The summed E-state index contributed by atoms with van der Waals surface area (Å²) >= 11 is 0. The highest BCUT2D eigenvalue weighted by Gasteiger charge is 2.41. The largest absolute Gasteiger partial charge is 0.469 e. The molecule has 0 unspecified atom stereocenters. The summed E-state index contributed by atoms with van der Waals surface area (Å²) in [5.41, 5.74) is -0.0760. The predicted molar refractivity (Wildman–Crippen MR) is 74.5 cm³/mol. The van der Waals surface area contributed by atoms with Gasteiger partial charge in [0.15, 0.2) is 0 Å². The van der Waals surface area contributed by atoms with E-state index in [0.717, 1.165) is 25.8 Å². The standard InChI is InChI=1S/C15H29NO2/c1-5-8-12(2)11-16-15(3)10-7-6-9-13(15)14(17)18-4/h12-13,16H,5-11H2,1-4H3/t12-,13-,15-/m0/s1. The maximum atomic E-state index is 11.9. The lowest BCUT2D eigenvalue weighted by Gasteiger charge is -2.41. The van der Waals surface area contributed by atoms with Crippen molar-refractivity contribution in [3.63, 3.8) is 0 Å². The van der Waals surface area contributed by atoms with Crippen molar-refractivity contribution in [1.29, 1.82) is 0 Å². The molecule has 1 N–H and O–H groups in total. The van der Waals surface area contributed by atoms with Crippen LogP contribution in [0.25, 0.3) is 0 Å². The summed E-state index contributed by atoms with van der Waals surface area (Å²) in [6.07, 6.45) is 6.84. The third kappa shape index (κ3) is 3.98. The molecule has 106 valence electrons. The van der Waals surface area contributed by atoms with Gasteiger partial charge in [-0.3, -0.25) is 4.79 Å². The lowest BCUT2D eigenvalue weighted by Crippen LogP contribution is -2.54. The first-order valence-electron chi connectivity index (χ1n) is 7.36. The van der Waals surface area contributed by atoms with Crippen LogP contribution in [-0.4, -0.2) is 25.2 Å². The molecule has 1 aliphatic rings. The van der Waals surface area contributed by atoms with Crippen molar-refractivity contribution in [3.8, 4) is 0 Å². The fourth-order valence-electron chi connectivity index (χ4n) is 3.07. The van der Waals surface area contributed by atoms with Crippen molar-refractivity contribution in [2.75, 3.05) is 13.7 Å². The fourth-order valence-corrected chi connectivity index (χ4v) is 3.07. The van der Waals surface area contributed by atoms with Crippen molar-refractivity contribution < 1.29 is 9.53 Å². The highest BCUT2D eigenvalue weighted by Crippen LogP contribution is 2.34. The molecule has 0 aromatic heterocycles. The molecule has 3 nitrogen and oxygen atoms in total. The summed E-state index contributed by atoms with van der Waals surface area (Å²) in [7, 11) is 1.50. The van der Waals surface area contributed by atoms with Crippen molar-refractivity contribution in [1.82, 2.24) is 5.32 Å². The van der Waals surface area contributed by atoms with Gasteiger partial charge in [0.2, 0.25) is 0 Å². The number of hydrogen-bond acceptors (Lipinski definition) is 3. The quantitative estimate of drug-likeness (QED) is 0.741. The molecule has 1 aliphatic carbocycles. The number of carbonyl (C=O) groups excluding carboxylic acids is 1. The molecule has 0 heterocycles. The van der Waals surface area contributed by atoms with E-state index >= 15 is 0 Å². The highest BCUT2D eigenvalue weighted by molar-refractivity contribution is 5.74. The van der Waals surface area contributed by atoms with Crippen molar-refractivity contribution in [2.45, 2.75) is 64.8 Å². The second-order valence-corrected chi connectivity index (χ2v) is 6.01. The van der Waals surface area contributed by atoms with Gasteiger partial charge >= 0.3 is 5.97 Å². The van der Waals surface area contributed by atoms with E-state index in [2.05, 4.69) is 26.1 Å². The van der Waals surface area contributed by atoms with Crippen LogP contribution in [0.5, 0.6) is 0 Å². The molecule has 0 bridgehead atoms. The molecule has 0 aliphatic heterocycles. The molecular weight excluding hydrogens is 226 g/mol. The number of carbonyl (C=O) groups is 1. The van der Waals surface area contributed by atoms with E-state index in [1.807, 2.05) is 0 Å². The van der Waals surface area contributed by atoms with E-state index in [1.165, 1.54) is 26.4 Å². The maximum Gasteiger partial charge on any atom is 0.310 e. The minimum Gasteiger partial charge on any atom is -0.469 e. The number of ether oxygens (including phenoxy) is 1. The van der Waals surface area contributed by atoms with E-state index in [-0.39, 0.29) is 17.4 Å². The van der Waals surface area contributed by atoms with Crippen molar-refractivity contribution in [3.05, 3.63) is 0 Å². The van der Waals surface area contributed by atoms with Crippen molar-refractivity contribution in [2.24, 2.45) is 11.8 Å². The van der Waals surface area contributed by atoms with Crippen LogP contribution in [0.2, 0.25) is 0 Å². The molecule has 0 radical (unpaired) electrons. The SMILES string of the molecule is CCC[C@H](C)CN[C@@]1(C)CCCC[C@H]1C(=O)OC. The maximum absolute atomic E-state index is 11.9. The third-order valence-electron chi connectivity index (χ3n) is 4.33. The molecule has 18 heavy (non-hydrogen) atoms. The molecule has 0 aromatic rings. The van der Waals surface area contributed by atoms with Gasteiger partial charge in [-0.15, -0.1) is 0 Å². The number of rotatable bonds is 6. The summed E-state index contributed by atoms with van der Waals surface area (Å²) in [6, 6.07) is 0.